The monoisotopic (exact) mass is 305 g/mol. The van der Waals surface area contributed by atoms with Gasteiger partial charge in [-0.2, -0.15) is 0 Å². The molecule has 0 aliphatic carbocycles. The summed E-state index contributed by atoms with van der Waals surface area (Å²) >= 11 is 1.55. The fraction of sp³-hybridized carbons (Fsp3) is 0.214. The molecule has 2 amide bonds. The van der Waals surface area contributed by atoms with Gasteiger partial charge in [0, 0.05) is 30.2 Å². The van der Waals surface area contributed by atoms with Crippen LogP contribution in [-0.4, -0.2) is 28.6 Å². The number of anilines is 1. The molecule has 0 aliphatic heterocycles. The number of amides is 2. The third-order valence-electron chi connectivity index (χ3n) is 2.82. The van der Waals surface area contributed by atoms with Crippen molar-refractivity contribution in [1.29, 1.82) is 0 Å². The van der Waals surface area contributed by atoms with E-state index in [0.717, 1.165) is 5.01 Å². The van der Waals surface area contributed by atoms with Gasteiger partial charge in [-0.05, 0) is 30.7 Å². The first-order valence-corrected chi connectivity index (χ1v) is 7.21. The van der Waals surface area contributed by atoms with Crippen molar-refractivity contribution in [1.82, 2.24) is 10.3 Å². The maximum atomic E-state index is 11.7. The van der Waals surface area contributed by atoms with Gasteiger partial charge in [-0.25, -0.2) is 14.6 Å². The average molecular weight is 305 g/mol. The van der Waals surface area contributed by atoms with Crippen LogP contribution in [0.2, 0.25) is 0 Å². The Labute approximate surface area is 125 Å². The number of aryl methyl sites for hydroxylation is 1. The van der Waals surface area contributed by atoms with Crippen LogP contribution in [0.1, 0.15) is 20.9 Å². The third kappa shape index (κ3) is 4.28. The van der Waals surface area contributed by atoms with Gasteiger partial charge in [0.2, 0.25) is 0 Å². The van der Waals surface area contributed by atoms with Crippen molar-refractivity contribution in [3.63, 3.8) is 0 Å². The highest BCUT2D eigenvalue weighted by Gasteiger charge is 2.08. The molecule has 0 unspecified atom stereocenters. The number of carbonyl (C=O) groups excluding carboxylic acids is 1. The number of thiazole rings is 1. The number of aromatic nitrogens is 1. The van der Waals surface area contributed by atoms with Gasteiger partial charge in [0.1, 0.15) is 0 Å². The summed E-state index contributed by atoms with van der Waals surface area (Å²) in [7, 11) is 0. The molecule has 1 aromatic heterocycles. The van der Waals surface area contributed by atoms with Gasteiger partial charge in [0.15, 0.2) is 0 Å². The highest BCUT2D eigenvalue weighted by Crippen LogP contribution is 2.15. The van der Waals surface area contributed by atoms with Crippen molar-refractivity contribution in [2.75, 3.05) is 11.9 Å². The first kappa shape index (κ1) is 15.0. The Bertz CT molecular complexity index is 641. The van der Waals surface area contributed by atoms with Gasteiger partial charge in [0.05, 0.1) is 10.6 Å². The van der Waals surface area contributed by atoms with Crippen molar-refractivity contribution in [3.05, 3.63) is 45.9 Å². The minimum Gasteiger partial charge on any atom is -0.478 e. The number of hydrogen-bond donors (Lipinski definition) is 3. The highest BCUT2D eigenvalue weighted by molar-refractivity contribution is 7.09. The quantitative estimate of drug-likeness (QED) is 0.791. The lowest BCUT2D eigenvalue weighted by atomic mass is 10.1. The fourth-order valence-corrected chi connectivity index (χ4v) is 2.44. The summed E-state index contributed by atoms with van der Waals surface area (Å²) in [6.45, 7) is 2.18. The summed E-state index contributed by atoms with van der Waals surface area (Å²) < 4.78 is 0. The number of hydrogen-bond acceptors (Lipinski definition) is 4. The van der Waals surface area contributed by atoms with Crippen molar-refractivity contribution in [2.45, 2.75) is 13.3 Å². The van der Waals surface area contributed by atoms with E-state index in [1.807, 2.05) is 5.38 Å². The van der Waals surface area contributed by atoms with E-state index in [1.54, 1.807) is 36.6 Å². The number of nitrogens with one attached hydrogen (secondary N) is 2. The topological polar surface area (TPSA) is 91.3 Å². The minimum atomic E-state index is -0.980. The number of urea groups is 1. The number of nitrogens with zero attached hydrogens (tertiary/aromatic N) is 1. The van der Waals surface area contributed by atoms with Crippen LogP contribution in [0, 0.1) is 6.92 Å². The van der Waals surface area contributed by atoms with E-state index in [-0.39, 0.29) is 11.6 Å². The van der Waals surface area contributed by atoms with Crippen molar-refractivity contribution < 1.29 is 14.7 Å². The van der Waals surface area contributed by atoms with Crippen LogP contribution in [0.4, 0.5) is 10.5 Å². The molecule has 0 saturated carbocycles. The van der Waals surface area contributed by atoms with E-state index in [2.05, 4.69) is 15.6 Å². The molecule has 0 radical (unpaired) electrons. The lowest BCUT2D eigenvalue weighted by Crippen LogP contribution is -2.30. The molecule has 7 heteroatoms. The minimum absolute atomic E-state index is 0.227. The molecule has 2 rings (SSSR count). The molecule has 1 heterocycles. The van der Waals surface area contributed by atoms with Gasteiger partial charge in [-0.15, -0.1) is 11.3 Å². The molecule has 2 aromatic rings. The Morgan fingerprint density at radius 2 is 2.19 bits per heavy atom. The van der Waals surface area contributed by atoms with Crippen LogP contribution in [-0.2, 0) is 6.42 Å². The van der Waals surface area contributed by atoms with Crippen LogP contribution < -0.4 is 10.6 Å². The second kappa shape index (κ2) is 6.85. The molecular weight excluding hydrogens is 290 g/mol. The van der Waals surface area contributed by atoms with E-state index in [9.17, 15) is 9.59 Å². The summed E-state index contributed by atoms with van der Waals surface area (Å²) in [6.07, 6.45) is 2.41. The molecule has 0 aliphatic rings. The molecular formula is C14H15N3O3S. The first-order valence-electron chi connectivity index (χ1n) is 6.33. The maximum absolute atomic E-state index is 11.7. The molecule has 0 saturated heterocycles. The van der Waals surface area contributed by atoms with Crippen molar-refractivity contribution >= 4 is 29.0 Å². The average Bonchev–Trinajstić information content (AvgIpc) is 2.91. The summed E-state index contributed by atoms with van der Waals surface area (Å²) in [4.78, 5) is 26.7. The maximum Gasteiger partial charge on any atom is 0.335 e. The Balaban J connectivity index is 1.85. The zero-order valence-corrected chi connectivity index (χ0v) is 12.2. The lowest BCUT2D eigenvalue weighted by Gasteiger charge is -2.08. The summed E-state index contributed by atoms with van der Waals surface area (Å²) in [6, 6.07) is 4.35. The Hall–Kier alpha value is -2.41. The number of benzene rings is 1. The van der Waals surface area contributed by atoms with Gasteiger partial charge in [0.25, 0.3) is 0 Å². The Kier molecular flexibility index (Phi) is 4.89. The van der Waals surface area contributed by atoms with Crippen LogP contribution in [0.15, 0.2) is 29.8 Å². The fourth-order valence-electron chi connectivity index (χ4n) is 1.82. The summed E-state index contributed by atoms with van der Waals surface area (Å²) in [5.74, 6) is -0.980. The predicted molar refractivity (Wildman–Crippen MR) is 81.0 cm³/mol. The number of aromatic carboxylic acids is 1. The standard InChI is InChI=1S/C14H15N3O3S/c1-9-8-10(2-3-11(9)13(18)19)17-14(20)16-5-4-12-15-6-7-21-12/h2-3,6-8H,4-5H2,1H3,(H,18,19)(H2,16,17,20). The normalized spacial score (nSPS) is 10.1. The van der Waals surface area contributed by atoms with Crippen molar-refractivity contribution in [3.8, 4) is 0 Å². The van der Waals surface area contributed by atoms with E-state index >= 15 is 0 Å². The van der Waals surface area contributed by atoms with Gasteiger partial charge >= 0.3 is 12.0 Å². The van der Waals surface area contributed by atoms with E-state index in [4.69, 9.17) is 5.11 Å². The molecule has 6 nitrogen and oxygen atoms in total. The van der Waals surface area contributed by atoms with Crippen LogP contribution in [0.3, 0.4) is 0 Å². The van der Waals surface area contributed by atoms with Gasteiger partial charge in [-0.1, -0.05) is 0 Å². The van der Waals surface area contributed by atoms with E-state index < -0.39 is 5.97 Å². The molecule has 110 valence electrons. The highest BCUT2D eigenvalue weighted by atomic mass is 32.1. The van der Waals surface area contributed by atoms with Crippen molar-refractivity contribution in [2.24, 2.45) is 0 Å². The smallest absolute Gasteiger partial charge is 0.335 e. The second-order valence-electron chi connectivity index (χ2n) is 4.39. The van der Waals surface area contributed by atoms with Gasteiger partial charge in [-0.3, -0.25) is 0 Å². The largest absolute Gasteiger partial charge is 0.478 e. The Morgan fingerprint density at radius 1 is 1.38 bits per heavy atom. The Morgan fingerprint density at radius 3 is 2.81 bits per heavy atom. The zero-order valence-electron chi connectivity index (χ0n) is 11.4. The number of rotatable bonds is 5. The number of carboxylic acids is 1. The van der Waals surface area contributed by atoms with E-state index in [1.165, 1.54) is 6.07 Å². The third-order valence-corrected chi connectivity index (χ3v) is 3.66. The second-order valence-corrected chi connectivity index (χ2v) is 5.37. The molecule has 1 aromatic carbocycles. The van der Waals surface area contributed by atoms with Crippen LogP contribution in [0.25, 0.3) is 0 Å². The predicted octanol–water partition coefficient (Wildman–Crippen LogP) is 2.51. The van der Waals surface area contributed by atoms with E-state index in [0.29, 0.717) is 24.2 Å². The number of carboxylic acid groups (broad SMARTS) is 1. The summed E-state index contributed by atoms with van der Waals surface area (Å²) in [5.41, 5.74) is 1.39. The zero-order chi connectivity index (χ0) is 15.2. The molecule has 21 heavy (non-hydrogen) atoms. The SMILES string of the molecule is Cc1cc(NC(=O)NCCc2nccs2)ccc1C(=O)O. The molecule has 0 spiro atoms. The molecule has 3 N–H and O–H groups in total. The van der Waals surface area contributed by atoms with Crippen LogP contribution >= 0.6 is 11.3 Å². The molecule has 0 atom stereocenters. The molecule has 0 bridgehead atoms. The molecule has 0 fully saturated rings. The van der Waals surface area contributed by atoms with Gasteiger partial charge < -0.3 is 15.7 Å². The summed E-state index contributed by atoms with van der Waals surface area (Å²) in [5, 5.41) is 17.2. The van der Waals surface area contributed by atoms with Crippen LogP contribution in [0.5, 0.6) is 0 Å². The first-order chi connectivity index (χ1) is 10.1. The lowest BCUT2D eigenvalue weighted by molar-refractivity contribution is 0.0696. The number of carbonyl (C=O) groups is 2.